The normalized spacial score (nSPS) is 10.2. The van der Waals surface area contributed by atoms with E-state index in [1.165, 1.54) is 29.5 Å². The number of carbonyl (C=O) groups excluding carboxylic acids is 2. The van der Waals surface area contributed by atoms with Gasteiger partial charge in [-0.25, -0.2) is 4.39 Å². The van der Waals surface area contributed by atoms with Crippen LogP contribution in [0.4, 0.5) is 15.8 Å². The average molecular weight is 434 g/mol. The third kappa shape index (κ3) is 5.13. The molecule has 3 aromatic rings. The van der Waals surface area contributed by atoms with Gasteiger partial charge in [-0.15, -0.1) is 11.3 Å². The van der Waals surface area contributed by atoms with Crippen molar-refractivity contribution in [2.75, 3.05) is 10.6 Å². The molecule has 1 heterocycles. The summed E-state index contributed by atoms with van der Waals surface area (Å²) in [7, 11) is 0. The summed E-state index contributed by atoms with van der Waals surface area (Å²) >= 11 is 12.2. The first-order chi connectivity index (χ1) is 13.4. The minimum atomic E-state index is -0.566. The third-order valence-electron chi connectivity index (χ3n) is 3.53. The Bertz CT molecular complexity index is 1040. The highest BCUT2D eigenvalue weighted by Gasteiger charge is 2.11. The SMILES string of the molecule is O=C(Nc1ccc(F)c(Cl)c1)c1cccc(NC(=S)NC(=O)c2cccs2)c1. The lowest BCUT2D eigenvalue weighted by Crippen LogP contribution is -2.33. The molecular formula is C19H13ClFN3O2S2. The van der Waals surface area contributed by atoms with E-state index in [-0.39, 0.29) is 16.0 Å². The number of thiocarbonyl (C=S) groups is 1. The van der Waals surface area contributed by atoms with E-state index in [1.807, 2.05) is 0 Å². The van der Waals surface area contributed by atoms with Crippen molar-refractivity contribution in [3.8, 4) is 0 Å². The molecule has 9 heteroatoms. The van der Waals surface area contributed by atoms with Crippen molar-refractivity contribution in [3.63, 3.8) is 0 Å². The van der Waals surface area contributed by atoms with Gasteiger partial charge in [-0.1, -0.05) is 23.7 Å². The maximum Gasteiger partial charge on any atom is 0.267 e. The molecule has 5 nitrogen and oxygen atoms in total. The summed E-state index contributed by atoms with van der Waals surface area (Å²) in [5.41, 5.74) is 1.24. The molecule has 2 amide bonds. The summed E-state index contributed by atoms with van der Waals surface area (Å²) in [6.45, 7) is 0. The molecule has 1 aromatic heterocycles. The Morgan fingerprint density at radius 1 is 0.964 bits per heavy atom. The first-order valence-electron chi connectivity index (χ1n) is 7.94. The first kappa shape index (κ1) is 19.9. The molecule has 0 aliphatic rings. The van der Waals surface area contributed by atoms with Crippen LogP contribution >= 0.6 is 35.2 Å². The Morgan fingerprint density at radius 3 is 2.46 bits per heavy atom. The molecule has 0 aliphatic heterocycles. The number of carbonyl (C=O) groups is 2. The number of nitrogens with one attached hydrogen (secondary N) is 3. The van der Waals surface area contributed by atoms with Crippen LogP contribution in [-0.4, -0.2) is 16.9 Å². The zero-order valence-corrected chi connectivity index (χ0v) is 16.6. The predicted molar refractivity (Wildman–Crippen MR) is 114 cm³/mol. The van der Waals surface area contributed by atoms with E-state index in [2.05, 4.69) is 16.0 Å². The molecule has 0 atom stereocenters. The van der Waals surface area contributed by atoms with Crippen molar-refractivity contribution in [1.82, 2.24) is 5.32 Å². The minimum Gasteiger partial charge on any atom is -0.332 e. The molecule has 0 saturated heterocycles. The maximum absolute atomic E-state index is 13.2. The van der Waals surface area contributed by atoms with Crippen molar-refractivity contribution in [2.24, 2.45) is 0 Å². The van der Waals surface area contributed by atoms with Crippen molar-refractivity contribution >= 4 is 63.5 Å². The number of benzene rings is 2. The Labute approximate surface area is 174 Å². The number of amides is 2. The van der Waals surface area contributed by atoms with Crippen molar-refractivity contribution in [3.05, 3.63) is 81.3 Å². The fraction of sp³-hybridized carbons (Fsp3) is 0. The molecular weight excluding hydrogens is 421 g/mol. The van der Waals surface area contributed by atoms with Gasteiger partial charge in [0.25, 0.3) is 11.8 Å². The van der Waals surface area contributed by atoms with Crippen LogP contribution in [0.15, 0.2) is 60.0 Å². The molecule has 0 fully saturated rings. The summed E-state index contributed by atoms with van der Waals surface area (Å²) in [4.78, 5) is 24.9. The van der Waals surface area contributed by atoms with Gasteiger partial charge in [-0.2, -0.15) is 0 Å². The molecule has 0 radical (unpaired) electrons. The molecule has 28 heavy (non-hydrogen) atoms. The van der Waals surface area contributed by atoms with E-state index in [9.17, 15) is 14.0 Å². The second-order valence-electron chi connectivity index (χ2n) is 5.55. The van der Waals surface area contributed by atoms with Gasteiger partial charge < -0.3 is 10.6 Å². The molecule has 0 aliphatic carbocycles. The molecule has 0 spiro atoms. The van der Waals surface area contributed by atoms with Crippen LogP contribution in [-0.2, 0) is 0 Å². The largest absolute Gasteiger partial charge is 0.332 e. The van der Waals surface area contributed by atoms with E-state index < -0.39 is 11.7 Å². The van der Waals surface area contributed by atoms with E-state index in [0.717, 1.165) is 0 Å². The predicted octanol–water partition coefficient (Wildman–Crippen LogP) is 4.92. The zero-order chi connectivity index (χ0) is 20.1. The molecule has 2 aromatic carbocycles. The summed E-state index contributed by atoms with van der Waals surface area (Å²) in [6.07, 6.45) is 0. The smallest absolute Gasteiger partial charge is 0.267 e. The van der Waals surface area contributed by atoms with Crippen LogP contribution in [0.3, 0.4) is 0 Å². The zero-order valence-electron chi connectivity index (χ0n) is 14.2. The van der Waals surface area contributed by atoms with Crippen molar-refractivity contribution in [2.45, 2.75) is 0 Å². The summed E-state index contributed by atoms with van der Waals surface area (Å²) in [5, 5.41) is 9.90. The van der Waals surface area contributed by atoms with Gasteiger partial charge in [-0.05, 0) is 60.1 Å². The number of halogens is 2. The quantitative estimate of drug-likeness (QED) is 0.511. The second kappa shape index (κ2) is 8.92. The van der Waals surface area contributed by atoms with Crippen LogP contribution in [0.25, 0.3) is 0 Å². The third-order valence-corrected chi connectivity index (χ3v) is 4.89. The van der Waals surface area contributed by atoms with Gasteiger partial charge in [0.2, 0.25) is 0 Å². The van der Waals surface area contributed by atoms with Gasteiger partial charge in [0, 0.05) is 16.9 Å². The lowest BCUT2D eigenvalue weighted by Gasteiger charge is -2.11. The number of thiophene rings is 1. The number of rotatable bonds is 4. The first-order valence-corrected chi connectivity index (χ1v) is 9.61. The van der Waals surface area contributed by atoms with Crippen LogP contribution in [0.1, 0.15) is 20.0 Å². The van der Waals surface area contributed by atoms with Gasteiger partial charge in [0.15, 0.2) is 5.11 Å². The standard InChI is InChI=1S/C19H13ClFN3O2S2/c20-14-10-13(6-7-15(14)21)22-17(25)11-3-1-4-12(9-11)23-19(27)24-18(26)16-5-2-8-28-16/h1-10H,(H,22,25)(H2,23,24,26,27). The van der Waals surface area contributed by atoms with Gasteiger partial charge in [0.05, 0.1) is 9.90 Å². The Balaban J connectivity index is 1.64. The highest BCUT2D eigenvalue weighted by molar-refractivity contribution is 7.80. The number of hydrogen-bond acceptors (Lipinski definition) is 4. The lowest BCUT2D eigenvalue weighted by atomic mass is 10.2. The average Bonchev–Trinajstić information content (AvgIpc) is 3.20. The monoisotopic (exact) mass is 433 g/mol. The maximum atomic E-state index is 13.2. The van der Waals surface area contributed by atoms with Crippen LogP contribution in [0.5, 0.6) is 0 Å². The summed E-state index contributed by atoms with van der Waals surface area (Å²) in [5.74, 6) is -1.28. The lowest BCUT2D eigenvalue weighted by molar-refractivity contribution is 0.0980. The molecule has 142 valence electrons. The highest BCUT2D eigenvalue weighted by atomic mass is 35.5. The molecule has 0 unspecified atom stereocenters. The van der Waals surface area contributed by atoms with Gasteiger partial charge in [-0.3, -0.25) is 14.9 Å². The van der Waals surface area contributed by atoms with Gasteiger partial charge >= 0.3 is 0 Å². The molecule has 0 saturated carbocycles. The topological polar surface area (TPSA) is 70.2 Å². The van der Waals surface area contributed by atoms with Crippen molar-refractivity contribution < 1.29 is 14.0 Å². The van der Waals surface area contributed by atoms with E-state index >= 15 is 0 Å². The van der Waals surface area contributed by atoms with Gasteiger partial charge in [0.1, 0.15) is 5.82 Å². The fourth-order valence-corrected chi connectivity index (χ4v) is 3.26. The number of anilines is 2. The van der Waals surface area contributed by atoms with Crippen LogP contribution in [0.2, 0.25) is 5.02 Å². The minimum absolute atomic E-state index is 0.0833. The number of hydrogen-bond donors (Lipinski definition) is 3. The van der Waals surface area contributed by atoms with E-state index in [0.29, 0.717) is 21.8 Å². The molecule has 3 N–H and O–H groups in total. The van der Waals surface area contributed by atoms with E-state index in [1.54, 1.807) is 41.8 Å². The van der Waals surface area contributed by atoms with Crippen LogP contribution in [0, 0.1) is 5.82 Å². The Morgan fingerprint density at radius 2 is 1.75 bits per heavy atom. The molecule has 0 bridgehead atoms. The second-order valence-corrected chi connectivity index (χ2v) is 7.31. The van der Waals surface area contributed by atoms with E-state index in [4.69, 9.17) is 23.8 Å². The fourth-order valence-electron chi connectivity index (χ4n) is 2.25. The Hall–Kier alpha value is -2.81. The van der Waals surface area contributed by atoms with Crippen molar-refractivity contribution in [1.29, 1.82) is 0 Å². The highest BCUT2D eigenvalue weighted by Crippen LogP contribution is 2.20. The Kier molecular flexibility index (Phi) is 6.35. The summed E-state index contributed by atoms with van der Waals surface area (Å²) in [6, 6.07) is 13.9. The summed E-state index contributed by atoms with van der Waals surface area (Å²) < 4.78 is 13.2. The van der Waals surface area contributed by atoms with Crippen LogP contribution < -0.4 is 16.0 Å². The molecule has 3 rings (SSSR count).